The molecule has 92 valence electrons. The number of aromatic nitrogens is 2. The van der Waals surface area contributed by atoms with Crippen molar-refractivity contribution in [3.05, 3.63) is 51.6 Å². The molecule has 2 aromatic heterocycles. The number of hydrogen-bond donors (Lipinski definition) is 1. The van der Waals surface area contributed by atoms with Gasteiger partial charge in [0.15, 0.2) is 0 Å². The summed E-state index contributed by atoms with van der Waals surface area (Å²) in [7, 11) is 0. The molecule has 2 N–H and O–H groups in total. The van der Waals surface area contributed by atoms with E-state index in [2.05, 4.69) is 33.8 Å². The first-order chi connectivity index (χ1) is 8.78. The fourth-order valence-electron chi connectivity index (χ4n) is 2.07. The molecular weight excluding hydrogens is 341 g/mol. The summed E-state index contributed by atoms with van der Waals surface area (Å²) in [5.41, 5.74) is 7.75. The minimum atomic E-state index is 0.405. The van der Waals surface area contributed by atoms with Crippen molar-refractivity contribution in [3.8, 4) is 0 Å². The molecule has 0 unspecified atom stereocenters. The maximum atomic E-state index is 5.76. The fraction of sp³-hybridized carbons (Fsp3) is 0.154. The number of furan rings is 1. The first-order valence-corrected chi connectivity index (χ1v) is 6.73. The van der Waals surface area contributed by atoms with Crippen LogP contribution in [0.15, 0.2) is 41.1 Å². The monoisotopic (exact) mass is 353 g/mol. The number of nitrogens with zero attached hydrogens (tertiary/aromatic N) is 2. The van der Waals surface area contributed by atoms with Gasteiger partial charge in [0.25, 0.3) is 0 Å². The van der Waals surface area contributed by atoms with Crippen molar-refractivity contribution < 1.29 is 4.42 Å². The van der Waals surface area contributed by atoms with E-state index >= 15 is 0 Å². The molecule has 4 nitrogen and oxygen atoms in total. The van der Waals surface area contributed by atoms with Gasteiger partial charge in [-0.3, -0.25) is 4.68 Å². The Kier molecular flexibility index (Phi) is 3.09. The second kappa shape index (κ2) is 4.74. The number of rotatable bonds is 3. The van der Waals surface area contributed by atoms with Gasteiger partial charge in [0.2, 0.25) is 0 Å². The highest BCUT2D eigenvalue weighted by molar-refractivity contribution is 14.1. The third-order valence-corrected chi connectivity index (χ3v) is 3.45. The van der Waals surface area contributed by atoms with Gasteiger partial charge >= 0.3 is 0 Å². The Balaban J connectivity index is 2.09. The standard InChI is InChI=1S/C13H12IN3O/c14-9-6-16-17(7-9)8-11-10-3-1-2-4-12(10)18-13(11)5-15/h1-4,6-7H,5,8,15H2. The first kappa shape index (κ1) is 11.7. The summed E-state index contributed by atoms with van der Waals surface area (Å²) in [5.74, 6) is 0.835. The van der Waals surface area contributed by atoms with Crippen molar-refractivity contribution >= 4 is 33.6 Å². The van der Waals surface area contributed by atoms with Gasteiger partial charge in [0.05, 0.1) is 22.9 Å². The van der Waals surface area contributed by atoms with Gasteiger partial charge in [-0.25, -0.2) is 0 Å². The Morgan fingerprint density at radius 2 is 2.17 bits per heavy atom. The van der Waals surface area contributed by atoms with Crippen LogP contribution in [0.4, 0.5) is 0 Å². The topological polar surface area (TPSA) is 57.0 Å². The molecule has 0 atom stereocenters. The van der Waals surface area contributed by atoms with Crippen LogP contribution < -0.4 is 5.73 Å². The van der Waals surface area contributed by atoms with Crippen LogP contribution in [0.1, 0.15) is 11.3 Å². The lowest BCUT2D eigenvalue weighted by atomic mass is 10.1. The minimum absolute atomic E-state index is 0.405. The van der Waals surface area contributed by atoms with Gasteiger partial charge < -0.3 is 10.2 Å². The Bertz CT molecular complexity index is 686. The van der Waals surface area contributed by atoms with Crippen LogP contribution in [0.5, 0.6) is 0 Å². The number of benzene rings is 1. The van der Waals surface area contributed by atoms with Crippen LogP contribution in [0, 0.1) is 3.57 Å². The number of fused-ring (bicyclic) bond motifs is 1. The quantitative estimate of drug-likeness (QED) is 0.737. The highest BCUT2D eigenvalue weighted by Gasteiger charge is 2.13. The van der Waals surface area contributed by atoms with Crippen molar-refractivity contribution in [2.24, 2.45) is 5.73 Å². The van der Waals surface area contributed by atoms with Crippen molar-refractivity contribution in [2.75, 3.05) is 0 Å². The second-order valence-electron chi connectivity index (χ2n) is 4.06. The van der Waals surface area contributed by atoms with Crippen LogP contribution in [-0.2, 0) is 13.1 Å². The van der Waals surface area contributed by atoms with E-state index in [1.54, 1.807) is 0 Å². The van der Waals surface area contributed by atoms with Crippen LogP contribution in [0.2, 0.25) is 0 Å². The molecule has 2 heterocycles. The Morgan fingerprint density at radius 1 is 1.33 bits per heavy atom. The number of para-hydroxylation sites is 1. The zero-order valence-electron chi connectivity index (χ0n) is 9.64. The highest BCUT2D eigenvalue weighted by atomic mass is 127. The smallest absolute Gasteiger partial charge is 0.134 e. The SMILES string of the molecule is NCc1oc2ccccc2c1Cn1cc(I)cn1. The van der Waals surface area contributed by atoms with Gasteiger partial charge in [-0.15, -0.1) is 0 Å². The third kappa shape index (κ3) is 2.04. The summed E-state index contributed by atoms with van der Waals surface area (Å²) in [4.78, 5) is 0. The van der Waals surface area contributed by atoms with E-state index < -0.39 is 0 Å². The molecule has 0 saturated carbocycles. The molecule has 0 saturated heterocycles. The van der Waals surface area contributed by atoms with Crippen molar-refractivity contribution in [3.63, 3.8) is 0 Å². The van der Waals surface area contributed by atoms with Crippen LogP contribution in [0.3, 0.4) is 0 Å². The Hall–Kier alpha value is -1.34. The van der Waals surface area contributed by atoms with Crippen molar-refractivity contribution in [1.82, 2.24) is 9.78 Å². The summed E-state index contributed by atoms with van der Waals surface area (Å²) >= 11 is 2.25. The average Bonchev–Trinajstić information content (AvgIpc) is 2.94. The van der Waals surface area contributed by atoms with Crippen molar-refractivity contribution in [1.29, 1.82) is 0 Å². The number of hydrogen-bond acceptors (Lipinski definition) is 3. The molecule has 0 spiro atoms. The average molecular weight is 353 g/mol. The lowest BCUT2D eigenvalue weighted by molar-refractivity contribution is 0.538. The van der Waals surface area contributed by atoms with Crippen molar-refractivity contribution in [2.45, 2.75) is 13.1 Å². The largest absolute Gasteiger partial charge is 0.459 e. The molecule has 0 fully saturated rings. The van der Waals surface area contributed by atoms with Gasteiger partial charge in [-0.2, -0.15) is 5.10 Å². The molecule has 0 aliphatic carbocycles. The van der Waals surface area contributed by atoms with E-state index in [4.69, 9.17) is 10.2 Å². The van der Waals surface area contributed by atoms with Gasteiger partial charge in [-0.1, -0.05) is 18.2 Å². The zero-order valence-corrected chi connectivity index (χ0v) is 11.8. The van der Waals surface area contributed by atoms with Gasteiger partial charge in [0.1, 0.15) is 11.3 Å². The second-order valence-corrected chi connectivity index (χ2v) is 5.31. The molecule has 0 aliphatic heterocycles. The van der Waals surface area contributed by atoms with Crippen LogP contribution >= 0.6 is 22.6 Å². The van der Waals surface area contributed by atoms with E-state index in [1.165, 1.54) is 0 Å². The molecule has 1 aromatic carbocycles. The Labute approximate surface area is 118 Å². The van der Waals surface area contributed by atoms with E-state index in [0.717, 1.165) is 25.9 Å². The number of halogens is 1. The van der Waals surface area contributed by atoms with Crippen LogP contribution in [-0.4, -0.2) is 9.78 Å². The highest BCUT2D eigenvalue weighted by Crippen LogP contribution is 2.26. The number of nitrogens with two attached hydrogens (primary N) is 1. The molecule has 18 heavy (non-hydrogen) atoms. The lowest BCUT2D eigenvalue weighted by Crippen LogP contribution is -2.04. The molecule has 0 bridgehead atoms. The molecule has 0 aliphatic rings. The lowest BCUT2D eigenvalue weighted by Gasteiger charge is -2.01. The fourth-order valence-corrected chi connectivity index (χ4v) is 2.52. The molecule has 0 radical (unpaired) electrons. The van der Waals surface area contributed by atoms with E-state index in [-0.39, 0.29) is 0 Å². The van der Waals surface area contributed by atoms with Crippen LogP contribution in [0.25, 0.3) is 11.0 Å². The zero-order chi connectivity index (χ0) is 12.5. The summed E-state index contributed by atoms with van der Waals surface area (Å²) in [6, 6.07) is 7.99. The molecule has 5 heteroatoms. The normalized spacial score (nSPS) is 11.2. The predicted octanol–water partition coefficient (Wildman–Crippen LogP) is 2.74. The first-order valence-electron chi connectivity index (χ1n) is 5.65. The van der Waals surface area contributed by atoms with Gasteiger partial charge in [-0.05, 0) is 28.7 Å². The maximum Gasteiger partial charge on any atom is 0.134 e. The molecule has 3 aromatic rings. The summed E-state index contributed by atoms with van der Waals surface area (Å²) in [6.45, 7) is 1.09. The van der Waals surface area contributed by atoms with E-state index in [1.807, 2.05) is 35.3 Å². The van der Waals surface area contributed by atoms with E-state index in [0.29, 0.717) is 13.1 Å². The summed E-state index contributed by atoms with van der Waals surface area (Å²) in [6.07, 6.45) is 3.84. The molecule has 3 rings (SSSR count). The molecule has 0 amide bonds. The Morgan fingerprint density at radius 3 is 2.89 bits per heavy atom. The van der Waals surface area contributed by atoms with E-state index in [9.17, 15) is 0 Å². The molecular formula is C13H12IN3O. The summed E-state index contributed by atoms with van der Waals surface area (Å²) < 4.78 is 8.78. The third-order valence-electron chi connectivity index (χ3n) is 2.89. The van der Waals surface area contributed by atoms with Gasteiger partial charge in [0, 0.05) is 17.1 Å². The predicted molar refractivity (Wildman–Crippen MR) is 78.2 cm³/mol. The minimum Gasteiger partial charge on any atom is -0.459 e. The maximum absolute atomic E-state index is 5.76. The summed E-state index contributed by atoms with van der Waals surface area (Å²) in [5, 5.41) is 5.41.